The van der Waals surface area contributed by atoms with Crippen molar-refractivity contribution >= 4 is 6.09 Å². The van der Waals surface area contributed by atoms with Crippen molar-refractivity contribution in [2.45, 2.75) is 46.3 Å². The highest BCUT2D eigenvalue weighted by Gasteiger charge is 2.17. The summed E-state index contributed by atoms with van der Waals surface area (Å²) in [4.78, 5) is 11.3. The summed E-state index contributed by atoms with van der Waals surface area (Å²) in [5, 5.41) is 12.3. The molecule has 19 heavy (non-hydrogen) atoms. The first kappa shape index (κ1) is 17.4. The van der Waals surface area contributed by atoms with Gasteiger partial charge in [-0.2, -0.15) is 0 Å². The third kappa shape index (κ3) is 8.21. The monoisotopic (exact) mass is 267 g/mol. The number of carbonyl (C=O) groups excluding carboxylic acids is 1. The standard InChI is InChI=1S/C13H19NO3.C2H6/c1-13(2,3)17-12(16)14-9-11(15)10-7-5-4-6-8-10;1-2/h4-8,11,15H,9H2,1-3H3,(H,14,16);1-2H3/t11-;/m1./s1. The molecule has 0 saturated carbocycles. The number of alkyl carbamates (subject to hydrolysis) is 1. The normalized spacial score (nSPS) is 11.9. The number of hydrogen-bond acceptors (Lipinski definition) is 3. The Labute approximate surface area is 115 Å². The molecule has 0 spiro atoms. The van der Waals surface area contributed by atoms with Crippen LogP contribution in [0, 0.1) is 0 Å². The molecule has 0 aliphatic rings. The lowest BCUT2D eigenvalue weighted by Gasteiger charge is -2.20. The quantitative estimate of drug-likeness (QED) is 0.883. The van der Waals surface area contributed by atoms with Crippen molar-refractivity contribution in [2.24, 2.45) is 0 Å². The number of amides is 1. The lowest BCUT2D eigenvalue weighted by atomic mass is 10.1. The van der Waals surface area contributed by atoms with Gasteiger partial charge in [-0.1, -0.05) is 44.2 Å². The van der Waals surface area contributed by atoms with Crippen molar-refractivity contribution in [3.05, 3.63) is 35.9 Å². The molecule has 0 unspecified atom stereocenters. The Morgan fingerprint density at radius 2 is 1.79 bits per heavy atom. The van der Waals surface area contributed by atoms with Gasteiger partial charge in [0.05, 0.1) is 12.6 Å². The SMILES string of the molecule is CC.CC(C)(C)OC(=O)NC[C@@H](O)c1ccccc1. The first-order valence-electron chi connectivity index (χ1n) is 6.58. The zero-order chi connectivity index (χ0) is 14.9. The van der Waals surface area contributed by atoms with E-state index >= 15 is 0 Å². The molecule has 0 aliphatic carbocycles. The van der Waals surface area contributed by atoms with Crippen molar-refractivity contribution in [1.82, 2.24) is 5.32 Å². The fourth-order valence-corrected chi connectivity index (χ4v) is 1.29. The van der Waals surface area contributed by atoms with Crippen molar-refractivity contribution in [2.75, 3.05) is 6.54 Å². The number of rotatable bonds is 3. The molecule has 1 amide bonds. The number of ether oxygens (including phenoxy) is 1. The summed E-state index contributed by atoms with van der Waals surface area (Å²) in [5.74, 6) is 0. The van der Waals surface area contributed by atoms with Crippen LogP contribution in [0.2, 0.25) is 0 Å². The lowest BCUT2D eigenvalue weighted by Crippen LogP contribution is -2.34. The van der Waals surface area contributed by atoms with Gasteiger partial charge < -0.3 is 15.2 Å². The number of aliphatic hydroxyl groups is 1. The Kier molecular flexibility index (Phi) is 7.84. The van der Waals surface area contributed by atoms with Gasteiger partial charge in [-0.3, -0.25) is 0 Å². The Bertz CT molecular complexity index is 357. The second kappa shape index (κ2) is 8.53. The van der Waals surface area contributed by atoms with E-state index in [-0.39, 0.29) is 6.54 Å². The number of nitrogens with one attached hydrogen (secondary N) is 1. The van der Waals surface area contributed by atoms with Gasteiger partial charge in [0.25, 0.3) is 0 Å². The van der Waals surface area contributed by atoms with Crippen LogP contribution in [0.1, 0.15) is 46.3 Å². The van der Waals surface area contributed by atoms with Gasteiger partial charge in [-0.25, -0.2) is 4.79 Å². The molecule has 0 aromatic heterocycles. The maximum absolute atomic E-state index is 11.3. The molecule has 0 aliphatic heterocycles. The van der Waals surface area contributed by atoms with Crippen LogP contribution >= 0.6 is 0 Å². The summed E-state index contributed by atoms with van der Waals surface area (Å²) in [6.07, 6.45) is -1.24. The molecule has 2 N–H and O–H groups in total. The molecule has 4 heteroatoms. The highest BCUT2D eigenvalue weighted by molar-refractivity contribution is 5.67. The van der Waals surface area contributed by atoms with Gasteiger partial charge in [0.2, 0.25) is 0 Å². The molecule has 0 saturated heterocycles. The summed E-state index contributed by atoms with van der Waals surface area (Å²) in [6.45, 7) is 9.51. The van der Waals surface area contributed by atoms with Gasteiger partial charge >= 0.3 is 6.09 Å². The zero-order valence-electron chi connectivity index (χ0n) is 12.4. The van der Waals surface area contributed by atoms with Crippen molar-refractivity contribution in [3.63, 3.8) is 0 Å². The minimum absolute atomic E-state index is 0.138. The average molecular weight is 267 g/mol. The Hall–Kier alpha value is -1.55. The topological polar surface area (TPSA) is 58.6 Å². The van der Waals surface area contributed by atoms with E-state index in [1.165, 1.54) is 0 Å². The van der Waals surface area contributed by atoms with Gasteiger partial charge in [0, 0.05) is 0 Å². The summed E-state index contributed by atoms with van der Waals surface area (Å²) >= 11 is 0. The molecule has 0 bridgehead atoms. The Morgan fingerprint density at radius 1 is 1.26 bits per heavy atom. The van der Waals surface area contributed by atoms with E-state index in [1.807, 2.05) is 32.0 Å². The minimum Gasteiger partial charge on any atom is -0.444 e. The van der Waals surface area contributed by atoms with E-state index in [2.05, 4.69) is 5.32 Å². The van der Waals surface area contributed by atoms with Crippen LogP contribution in [0.15, 0.2) is 30.3 Å². The number of aliphatic hydroxyl groups excluding tert-OH is 1. The molecule has 108 valence electrons. The Morgan fingerprint density at radius 3 is 2.26 bits per heavy atom. The predicted molar refractivity (Wildman–Crippen MR) is 77.0 cm³/mol. The van der Waals surface area contributed by atoms with E-state index in [9.17, 15) is 9.90 Å². The van der Waals surface area contributed by atoms with Crippen LogP contribution < -0.4 is 5.32 Å². The van der Waals surface area contributed by atoms with E-state index in [4.69, 9.17) is 4.74 Å². The van der Waals surface area contributed by atoms with Crippen LogP contribution in [-0.2, 0) is 4.74 Å². The molecule has 1 atom stereocenters. The molecule has 1 rings (SSSR count). The van der Waals surface area contributed by atoms with Crippen LogP contribution in [0.5, 0.6) is 0 Å². The summed E-state index contributed by atoms with van der Waals surface area (Å²) in [6, 6.07) is 9.17. The fourth-order valence-electron chi connectivity index (χ4n) is 1.29. The van der Waals surface area contributed by atoms with Crippen molar-refractivity contribution < 1.29 is 14.6 Å². The molecular weight excluding hydrogens is 242 g/mol. The number of carbonyl (C=O) groups is 1. The molecule has 0 radical (unpaired) electrons. The summed E-state index contributed by atoms with van der Waals surface area (Å²) < 4.78 is 5.06. The van der Waals surface area contributed by atoms with E-state index in [0.29, 0.717) is 0 Å². The van der Waals surface area contributed by atoms with Crippen LogP contribution in [0.4, 0.5) is 4.79 Å². The maximum atomic E-state index is 11.3. The molecule has 1 aromatic rings. The second-order valence-corrected chi connectivity index (χ2v) is 4.81. The average Bonchev–Trinajstić information content (AvgIpc) is 2.37. The largest absolute Gasteiger partial charge is 0.444 e. The van der Waals surface area contributed by atoms with Crippen molar-refractivity contribution in [3.8, 4) is 0 Å². The van der Waals surface area contributed by atoms with E-state index < -0.39 is 17.8 Å². The molecule has 4 nitrogen and oxygen atoms in total. The van der Waals surface area contributed by atoms with Gasteiger partial charge in [0.1, 0.15) is 5.60 Å². The Balaban J connectivity index is 0.00000154. The van der Waals surface area contributed by atoms with Gasteiger partial charge in [-0.15, -0.1) is 0 Å². The summed E-state index contributed by atoms with van der Waals surface area (Å²) in [5.41, 5.74) is 0.241. The third-order valence-corrected chi connectivity index (χ3v) is 2.02. The van der Waals surface area contributed by atoms with Crippen LogP contribution in [0.25, 0.3) is 0 Å². The fraction of sp³-hybridized carbons (Fsp3) is 0.533. The third-order valence-electron chi connectivity index (χ3n) is 2.02. The smallest absolute Gasteiger partial charge is 0.407 e. The molecule has 0 fully saturated rings. The molecular formula is C15H25NO3. The zero-order valence-corrected chi connectivity index (χ0v) is 12.4. The van der Waals surface area contributed by atoms with Crippen LogP contribution in [0.3, 0.4) is 0 Å². The van der Waals surface area contributed by atoms with Gasteiger partial charge in [-0.05, 0) is 26.3 Å². The number of hydrogen-bond donors (Lipinski definition) is 2. The van der Waals surface area contributed by atoms with E-state index in [1.54, 1.807) is 32.9 Å². The van der Waals surface area contributed by atoms with Crippen LogP contribution in [-0.4, -0.2) is 23.3 Å². The molecule has 1 aromatic carbocycles. The lowest BCUT2D eigenvalue weighted by molar-refractivity contribution is 0.0492. The number of benzene rings is 1. The second-order valence-electron chi connectivity index (χ2n) is 4.81. The van der Waals surface area contributed by atoms with Crippen molar-refractivity contribution in [1.29, 1.82) is 0 Å². The molecule has 0 heterocycles. The first-order valence-corrected chi connectivity index (χ1v) is 6.58. The first-order chi connectivity index (χ1) is 8.88. The predicted octanol–water partition coefficient (Wildman–Crippen LogP) is 3.27. The highest BCUT2D eigenvalue weighted by atomic mass is 16.6. The minimum atomic E-state index is -0.719. The maximum Gasteiger partial charge on any atom is 0.407 e. The van der Waals surface area contributed by atoms with E-state index in [0.717, 1.165) is 5.56 Å². The summed E-state index contributed by atoms with van der Waals surface area (Å²) in [7, 11) is 0. The van der Waals surface area contributed by atoms with Gasteiger partial charge in [0.15, 0.2) is 0 Å². The highest BCUT2D eigenvalue weighted by Crippen LogP contribution is 2.11.